The van der Waals surface area contributed by atoms with E-state index in [0.717, 1.165) is 11.4 Å². The van der Waals surface area contributed by atoms with Gasteiger partial charge in [0.15, 0.2) is 5.82 Å². The van der Waals surface area contributed by atoms with Crippen LogP contribution in [0.5, 0.6) is 0 Å². The minimum atomic E-state index is -0.525. The van der Waals surface area contributed by atoms with Crippen molar-refractivity contribution in [2.75, 3.05) is 10.7 Å². The molecule has 9 heteroatoms. The number of hydrogen-bond acceptors (Lipinski definition) is 5. The summed E-state index contributed by atoms with van der Waals surface area (Å²) in [6.07, 6.45) is 0.693. The largest absolute Gasteiger partial charge is 0.325 e. The van der Waals surface area contributed by atoms with Crippen molar-refractivity contribution in [3.63, 3.8) is 0 Å². The van der Waals surface area contributed by atoms with Crippen molar-refractivity contribution in [3.05, 3.63) is 70.8 Å². The van der Waals surface area contributed by atoms with Crippen LogP contribution in [0.3, 0.4) is 0 Å². The average Bonchev–Trinajstić information content (AvgIpc) is 3.11. The van der Waals surface area contributed by atoms with Crippen LogP contribution in [0.15, 0.2) is 53.7 Å². The average molecular weight is 418 g/mol. The number of carbonyl (C=O) groups excluding carboxylic acids is 1. The Balaban J connectivity index is 1.66. The molecule has 2 atom stereocenters. The number of carbonyl (C=O) groups is 1. The monoisotopic (exact) mass is 417 g/mol. The van der Waals surface area contributed by atoms with Crippen LogP contribution >= 0.6 is 23.4 Å². The second-order valence-corrected chi connectivity index (χ2v) is 7.83. The summed E-state index contributed by atoms with van der Waals surface area (Å²) in [5.41, 5.74) is 4.77. The minimum absolute atomic E-state index is 0.193. The third-order valence-electron chi connectivity index (χ3n) is 4.42. The normalized spacial score (nSPS) is 18.2. The highest BCUT2D eigenvalue weighted by Crippen LogP contribution is 2.37. The van der Waals surface area contributed by atoms with E-state index in [1.165, 1.54) is 23.9 Å². The van der Waals surface area contributed by atoms with Gasteiger partial charge >= 0.3 is 0 Å². The molecule has 28 heavy (non-hydrogen) atoms. The van der Waals surface area contributed by atoms with Crippen molar-refractivity contribution in [2.45, 2.75) is 29.8 Å². The lowest BCUT2D eigenvalue weighted by Gasteiger charge is -2.33. The van der Waals surface area contributed by atoms with Gasteiger partial charge in [0.25, 0.3) is 0 Å². The maximum atomic E-state index is 13.4. The zero-order valence-electron chi connectivity index (χ0n) is 14.9. The van der Waals surface area contributed by atoms with E-state index in [9.17, 15) is 9.18 Å². The molecule has 6 nitrogen and oxygen atoms in total. The fraction of sp³-hybridized carbons (Fsp3) is 0.211. The highest BCUT2D eigenvalue weighted by Gasteiger charge is 2.37. The topological polar surface area (TPSA) is 71.8 Å². The Bertz CT molecular complexity index is 993. The van der Waals surface area contributed by atoms with Crippen LogP contribution in [0.2, 0.25) is 5.02 Å². The lowest BCUT2D eigenvalue weighted by Crippen LogP contribution is -2.41. The van der Waals surface area contributed by atoms with Crippen LogP contribution in [0.25, 0.3) is 0 Å². The van der Waals surface area contributed by atoms with Crippen molar-refractivity contribution in [3.8, 4) is 0 Å². The molecular weight excluding hydrogens is 401 g/mol. The molecule has 0 fully saturated rings. The molecule has 1 aromatic heterocycles. The van der Waals surface area contributed by atoms with Crippen LogP contribution in [0, 0.1) is 5.82 Å². The van der Waals surface area contributed by atoms with Gasteiger partial charge in [-0.15, -0.1) is 10.2 Å². The van der Waals surface area contributed by atoms with Crippen molar-refractivity contribution in [1.82, 2.24) is 14.9 Å². The first-order valence-corrected chi connectivity index (χ1v) is 10.0. The molecule has 2 heterocycles. The lowest BCUT2D eigenvalue weighted by molar-refractivity contribution is -0.116. The van der Waals surface area contributed by atoms with E-state index in [1.54, 1.807) is 41.1 Å². The van der Waals surface area contributed by atoms with E-state index >= 15 is 0 Å². The van der Waals surface area contributed by atoms with E-state index in [1.807, 2.05) is 6.92 Å². The van der Waals surface area contributed by atoms with Crippen molar-refractivity contribution in [2.24, 2.45) is 0 Å². The number of amides is 1. The summed E-state index contributed by atoms with van der Waals surface area (Å²) in [6, 6.07) is 12.7. The third-order valence-corrected chi connectivity index (χ3v) is 5.89. The number of hydrogen-bond donors (Lipinski definition) is 2. The van der Waals surface area contributed by atoms with Gasteiger partial charge in [0, 0.05) is 17.1 Å². The molecular formula is C19H17ClFN5OS. The molecule has 0 saturated heterocycles. The summed E-state index contributed by atoms with van der Waals surface area (Å²) in [4.78, 5) is 13.1. The number of fused-ring (bicyclic) bond motifs is 1. The molecule has 0 unspecified atom stereocenters. The number of thioether (sulfide) groups is 1. The van der Waals surface area contributed by atoms with Gasteiger partial charge in [0.1, 0.15) is 11.1 Å². The Labute approximate surface area is 170 Å². The third kappa shape index (κ3) is 3.70. The number of halogens is 2. The second kappa shape index (κ2) is 7.81. The van der Waals surface area contributed by atoms with Crippen LogP contribution in [-0.2, 0) is 11.2 Å². The quantitative estimate of drug-likeness (QED) is 0.670. The number of nitrogens with zero attached hydrogens (tertiary/aromatic N) is 3. The molecule has 0 radical (unpaired) electrons. The van der Waals surface area contributed by atoms with Gasteiger partial charge in [-0.25, -0.2) is 9.07 Å². The fourth-order valence-corrected chi connectivity index (χ4v) is 4.22. The summed E-state index contributed by atoms with van der Waals surface area (Å²) in [6.45, 7) is 1.98. The molecule has 0 spiro atoms. The van der Waals surface area contributed by atoms with E-state index in [-0.39, 0.29) is 17.8 Å². The number of nitrogens with one attached hydrogen (secondary N) is 2. The van der Waals surface area contributed by atoms with Crippen LogP contribution in [-0.4, -0.2) is 26.0 Å². The maximum Gasteiger partial charge on any atom is 0.240 e. The van der Waals surface area contributed by atoms with E-state index in [2.05, 4.69) is 20.9 Å². The number of aryl methyl sites for hydroxylation is 1. The Morgan fingerprint density at radius 1 is 1.21 bits per heavy atom. The number of rotatable bonds is 4. The first kappa shape index (κ1) is 18.8. The summed E-state index contributed by atoms with van der Waals surface area (Å²) in [5, 5.41) is 11.9. The summed E-state index contributed by atoms with van der Waals surface area (Å²) < 4.78 is 15.2. The Morgan fingerprint density at radius 2 is 1.93 bits per heavy atom. The molecule has 1 aliphatic heterocycles. The minimum Gasteiger partial charge on any atom is -0.325 e. The molecule has 0 bridgehead atoms. The first-order chi connectivity index (χ1) is 13.5. The highest BCUT2D eigenvalue weighted by atomic mass is 35.5. The first-order valence-electron chi connectivity index (χ1n) is 8.74. The summed E-state index contributed by atoms with van der Waals surface area (Å²) >= 11 is 7.24. The maximum absolute atomic E-state index is 13.4. The van der Waals surface area contributed by atoms with E-state index in [0.29, 0.717) is 22.3 Å². The number of anilines is 1. The smallest absolute Gasteiger partial charge is 0.240 e. The van der Waals surface area contributed by atoms with Crippen molar-refractivity contribution >= 4 is 35.0 Å². The molecule has 0 aliphatic carbocycles. The Hall–Kier alpha value is -2.58. The van der Waals surface area contributed by atoms with Gasteiger partial charge in [-0.05, 0) is 42.0 Å². The fourth-order valence-electron chi connectivity index (χ4n) is 2.99. The zero-order chi connectivity index (χ0) is 19.7. The van der Waals surface area contributed by atoms with Gasteiger partial charge in [-0.1, -0.05) is 42.4 Å². The van der Waals surface area contributed by atoms with Gasteiger partial charge in [-0.3, -0.25) is 4.79 Å². The number of benzene rings is 2. The van der Waals surface area contributed by atoms with E-state index < -0.39 is 5.25 Å². The Morgan fingerprint density at radius 3 is 2.61 bits per heavy atom. The molecule has 1 amide bonds. The van der Waals surface area contributed by atoms with Crippen molar-refractivity contribution < 1.29 is 9.18 Å². The Kier molecular flexibility index (Phi) is 5.23. The number of aromatic nitrogens is 3. The predicted molar refractivity (Wildman–Crippen MR) is 108 cm³/mol. The highest BCUT2D eigenvalue weighted by molar-refractivity contribution is 8.00. The van der Waals surface area contributed by atoms with Crippen LogP contribution < -0.4 is 10.7 Å². The molecule has 3 aromatic rings. The standard InChI is InChI=1S/C19H17ClFN5OS/c1-2-15-23-24-19-26(15)25-16(11-3-7-13(21)8-4-11)17(28-19)18(27)22-14-9-5-12(20)6-10-14/h3-10,16-17,25H,2H2,1H3,(H,22,27)/t16-,17+/m1/s1. The summed E-state index contributed by atoms with van der Waals surface area (Å²) in [5.74, 6) is 0.251. The van der Waals surface area contributed by atoms with Crippen LogP contribution in [0.4, 0.5) is 10.1 Å². The molecule has 2 aromatic carbocycles. The summed E-state index contributed by atoms with van der Waals surface area (Å²) in [7, 11) is 0. The van der Waals surface area contributed by atoms with Crippen molar-refractivity contribution in [1.29, 1.82) is 0 Å². The molecule has 2 N–H and O–H groups in total. The lowest BCUT2D eigenvalue weighted by atomic mass is 10.0. The van der Waals surface area contributed by atoms with Gasteiger partial charge in [-0.2, -0.15) is 0 Å². The molecule has 144 valence electrons. The van der Waals surface area contributed by atoms with Gasteiger partial charge in [0.2, 0.25) is 11.1 Å². The molecule has 1 aliphatic rings. The van der Waals surface area contributed by atoms with Gasteiger partial charge in [0.05, 0.1) is 6.04 Å². The second-order valence-electron chi connectivity index (χ2n) is 6.28. The van der Waals surface area contributed by atoms with E-state index in [4.69, 9.17) is 11.6 Å². The molecule has 4 rings (SSSR count). The SMILES string of the molecule is CCc1nnc2n1N[C@H](c1ccc(F)cc1)[C@@H](C(=O)Nc1ccc(Cl)cc1)S2. The van der Waals surface area contributed by atoms with Crippen LogP contribution in [0.1, 0.15) is 24.4 Å². The van der Waals surface area contributed by atoms with Gasteiger partial charge < -0.3 is 10.7 Å². The predicted octanol–water partition coefficient (Wildman–Crippen LogP) is 4.03. The zero-order valence-corrected chi connectivity index (χ0v) is 16.5. The molecule has 0 saturated carbocycles.